The number of hydrogen-bond donors (Lipinski definition) is 1. The van der Waals surface area contributed by atoms with Gasteiger partial charge in [-0.2, -0.15) is 0 Å². The number of carbonyl (C=O) groups excluding carboxylic acids is 1. The molecule has 1 N–H and O–H groups in total. The molecule has 3 rings (SSSR count). The first kappa shape index (κ1) is 29.6. The van der Waals surface area contributed by atoms with Crippen LogP contribution in [0.2, 0.25) is 0 Å². The average Bonchev–Trinajstić information content (AvgIpc) is 2.85. The van der Waals surface area contributed by atoms with Gasteiger partial charge in [0.15, 0.2) is 0 Å². The number of methoxy groups -OCH3 is 1. The zero-order valence-electron chi connectivity index (χ0n) is 23.0. The summed E-state index contributed by atoms with van der Waals surface area (Å²) in [4.78, 5) is 12.6. The molecule has 0 amide bonds. The number of carbonyl (C=O) groups is 1. The third kappa shape index (κ3) is 10.7. The van der Waals surface area contributed by atoms with Crippen LogP contribution in [0.4, 0.5) is 0 Å². The molecule has 0 fully saturated rings. The first-order chi connectivity index (χ1) is 17.8. The number of cyclic esters (lactones) is 1. The van der Waals surface area contributed by atoms with Gasteiger partial charge >= 0.3 is 5.97 Å². The van der Waals surface area contributed by atoms with Crippen molar-refractivity contribution >= 4 is 5.97 Å². The molecule has 0 aromatic carbocycles. The van der Waals surface area contributed by atoms with E-state index in [-0.39, 0.29) is 24.4 Å². The molecule has 8 atom stereocenters. The second kappa shape index (κ2) is 15.4. The molecular weight excluding hydrogens is 468 g/mol. The minimum absolute atomic E-state index is 0.0336. The van der Waals surface area contributed by atoms with Crippen molar-refractivity contribution in [3.63, 3.8) is 0 Å². The standard InChI is InChI=1S/C31H46O6/c1-22-16-17-35-27(19-22)14-15-29(32)30-12-6-10-26(34-4)20-23(2)18-24(3)21-28-11-5-8-25(36-28)9-7-13-31(33)37-30/h5-8,10,13-16,23-30,32H,9,11-12,17-21H2,1-4H3/b10-6?,13-7-,15-14+/t23?,24-,25-,26+,27+,28-,29-,30-/m0/s1. The van der Waals surface area contributed by atoms with Crippen LogP contribution in [-0.4, -0.2) is 61.4 Å². The van der Waals surface area contributed by atoms with Crippen molar-refractivity contribution in [1.82, 2.24) is 0 Å². The van der Waals surface area contributed by atoms with Gasteiger partial charge < -0.3 is 24.1 Å². The second-order valence-electron chi connectivity index (χ2n) is 10.9. The highest BCUT2D eigenvalue weighted by atomic mass is 16.6. The molecule has 3 heterocycles. The van der Waals surface area contributed by atoms with E-state index in [1.54, 1.807) is 19.3 Å². The minimum Gasteiger partial charge on any atom is -0.456 e. The summed E-state index contributed by atoms with van der Waals surface area (Å²) in [6, 6.07) is 0. The number of ether oxygens (including phenoxy) is 4. The van der Waals surface area contributed by atoms with E-state index in [2.05, 4.69) is 39.0 Å². The maximum Gasteiger partial charge on any atom is 0.330 e. The number of hydrogen-bond acceptors (Lipinski definition) is 6. The Labute approximate surface area is 223 Å². The van der Waals surface area contributed by atoms with Gasteiger partial charge in [0.05, 0.1) is 31.0 Å². The van der Waals surface area contributed by atoms with E-state index in [1.165, 1.54) is 11.6 Å². The van der Waals surface area contributed by atoms with Gasteiger partial charge in [-0.15, -0.1) is 0 Å². The highest BCUT2D eigenvalue weighted by Gasteiger charge is 2.23. The summed E-state index contributed by atoms with van der Waals surface area (Å²) < 4.78 is 23.4. The summed E-state index contributed by atoms with van der Waals surface area (Å²) in [5.74, 6) is 0.579. The van der Waals surface area contributed by atoms with E-state index in [9.17, 15) is 9.90 Å². The molecule has 3 aliphatic heterocycles. The maximum atomic E-state index is 12.6. The summed E-state index contributed by atoms with van der Waals surface area (Å²) in [7, 11) is 1.72. The van der Waals surface area contributed by atoms with Crippen molar-refractivity contribution in [2.45, 2.75) is 102 Å². The number of rotatable bonds is 4. The lowest BCUT2D eigenvalue weighted by atomic mass is 9.88. The van der Waals surface area contributed by atoms with Crippen molar-refractivity contribution < 1.29 is 28.8 Å². The van der Waals surface area contributed by atoms with Crippen LogP contribution in [0.15, 0.2) is 60.3 Å². The summed E-state index contributed by atoms with van der Waals surface area (Å²) in [5, 5.41) is 10.9. The van der Waals surface area contributed by atoms with E-state index >= 15 is 0 Å². The summed E-state index contributed by atoms with van der Waals surface area (Å²) in [6.07, 6.45) is 21.3. The Morgan fingerprint density at radius 1 is 1.05 bits per heavy atom. The summed E-state index contributed by atoms with van der Waals surface area (Å²) >= 11 is 0. The minimum atomic E-state index is -0.950. The molecule has 1 unspecified atom stereocenters. The van der Waals surface area contributed by atoms with E-state index < -0.39 is 18.2 Å². The lowest BCUT2D eigenvalue weighted by Gasteiger charge is -2.29. The normalized spacial score (nSPS) is 36.3. The number of aliphatic hydroxyl groups excluding tert-OH is 1. The summed E-state index contributed by atoms with van der Waals surface area (Å²) in [6.45, 7) is 7.22. The number of esters is 1. The molecule has 206 valence electrons. The first-order valence-electron chi connectivity index (χ1n) is 13.8. The van der Waals surface area contributed by atoms with E-state index in [4.69, 9.17) is 18.9 Å². The fraction of sp³-hybridized carbons (Fsp3) is 0.645. The van der Waals surface area contributed by atoms with Gasteiger partial charge in [0, 0.05) is 19.6 Å². The number of fused-ring (bicyclic) bond motifs is 2. The molecular formula is C31H46O6. The maximum absolute atomic E-state index is 12.6. The molecule has 0 saturated heterocycles. The van der Waals surface area contributed by atoms with Crippen molar-refractivity contribution in [3.05, 3.63) is 60.3 Å². The Bertz CT molecular complexity index is 856. The van der Waals surface area contributed by atoms with Crippen LogP contribution < -0.4 is 0 Å². The number of aliphatic hydroxyl groups is 1. The topological polar surface area (TPSA) is 74.2 Å². The smallest absolute Gasteiger partial charge is 0.330 e. The quantitative estimate of drug-likeness (QED) is 0.387. The zero-order chi connectivity index (χ0) is 26.6. The van der Waals surface area contributed by atoms with Gasteiger partial charge in [-0.3, -0.25) is 0 Å². The monoisotopic (exact) mass is 514 g/mol. The van der Waals surface area contributed by atoms with Crippen molar-refractivity contribution in [3.8, 4) is 0 Å². The third-order valence-electron chi connectivity index (χ3n) is 7.30. The van der Waals surface area contributed by atoms with Gasteiger partial charge in [0.25, 0.3) is 0 Å². The van der Waals surface area contributed by atoms with Crippen LogP contribution in [0, 0.1) is 11.8 Å². The van der Waals surface area contributed by atoms with Crippen LogP contribution in [-0.2, 0) is 23.7 Å². The van der Waals surface area contributed by atoms with Crippen LogP contribution >= 0.6 is 0 Å². The lowest BCUT2D eigenvalue weighted by Crippen LogP contribution is -2.30. The molecule has 3 aliphatic rings. The Morgan fingerprint density at radius 3 is 2.62 bits per heavy atom. The van der Waals surface area contributed by atoms with Crippen molar-refractivity contribution in [2.75, 3.05) is 13.7 Å². The molecule has 0 aliphatic carbocycles. The molecule has 0 aromatic rings. The Hall–Kier alpha value is -1.99. The Balaban J connectivity index is 1.72. The zero-order valence-corrected chi connectivity index (χ0v) is 23.0. The van der Waals surface area contributed by atoms with Crippen molar-refractivity contribution in [2.24, 2.45) is 11.8 Å². The lowest BCUT2D eigenvalue weighted by molar-refractivity contribution is -0.147. The highest BCUT2D eigenvalue weighted by Crippen LogP contribution is 2.27. The Kier molecular flexibility index (Phi) is 12.3. The van der Waals surface area contributed by atoms with Crippen LogP contribution in [0.25, 0.3) is 0 Å². The SMILES string of the molecule is CO[C@@H]1C=CC[C@@H]([C@@H](O)/C=C/[C@@H]2CC(C)=CCO2)OC(=O)/C=C\C[C@@H]2C=CC[C@@H](C[C@@H](C)CC(C)C1)O2. The average molecular weight is 515 g/mol. The molecule has 37 heavy (non-hydrogen) atoms. The van der Waals surface area contributed by atoms with Crippen LogP contribution in [0.1, 0.15) is 65.7 Å². The molecule has 6 heteroatoms. The molecule has 0 saturated carbocycles. The third-order valence-corrected chi connectivity index (χ3v) is 7.30. The predicted octanol–water partition coefficient (Wildman–Crippen LogP) is 5.63. The fourth-order valence-corrected chi connectivity index (χ4v) is 5.36. The highest BCUT2D eigenvalue weighted by molar-refractivity contribution is 5.82. The van der Waals surface area contributed by atoms with Gasteiger partial charge in [-0.25, -0.2) is 4.79 Å². The van der Waals surface area contributed by atoms with E-state index in [1.807, 2.05) is 18.2 Å². The molecule has 0 spiro atoms. The van der Waals surface area contributed by atoms with Gasteiger partial charge in [-0.05, 0) is 57.3 Å². The molecule has 0 radical (unpaired) electrons. The largest absolute Gasteiger partial charge is 0.456 e. The van der Waals surface area contributed by atoms with E-state index in [0.29, 0.717) is 31.3 Å². The molecule has 6 nitrogen and oxygen atoms in total. The fourth-order valence-electron chi connectivity index (χ4n) is 5.36. The summed E-state index contributed by atoms with van der Waals surface area (Å²) in [5.41, 5.74) is 1.27. The van der Waals surface area contributed by atoms with E-state index in [0.717, 1.165) is 32.1 Å². The predicted molar refractivity (Wildman–Crippen MR) is 146 cm³/mol. The van der Waals surface area contributed by atoms with Gasteiger partial charge in [0.2, 0.25) is 0 Å². The molecule has 0 aromatic heterocycles. The van der Waals surface area contributed by atoms with Gasteiger partial charge in [0.1, 0.15) is 12.2 Å². The first-order valence-corrected chi connectivity index (χ1v) is 13.8. The van der Waals surface area contributed by atoms with Crippen molar-refractivity contribution in [1.29, 1.82) is 0 Å². The van der Waals surface area contributed by atoms with Crippen LogP contribution in [0.5, 0.6) is 0 Å². The van der Waals surface area contributed by atoms with Crippen LogP contribution in [0.3, 0.4) is 0 Å². The second-order valence-corrected chi connectivity index (χ2v) is 10.9. The molecule has 2 bridgehead atoms. The Morgan fingerprint density at radius 2 is 1.84 bits per heavy atom. The van der Waals surface area contributed by atoms with Gasteiger partial charge in [-0.1, -0.05) is 68.0 Å².